The molecule has 0 saturated carbocycles. The minimum Gasteiger partial charge on any atom is -0.481 e. The molecule has 0 aromatic heterocycles. The summed E-state index contributed by atoms with van der Waals surface area (Å²) < 4.78 is 0. The maximum Gasteiger partial charge on any atom is 0.303 e. The van der Waals surface area contributed by atoms with Crippen LogP contribution in [0.3, 0.4) is 0 Å². The van der Waals surface area contributed by atoms with E-state index in [2.05, 4.69) is 0 Å². The van der Waals surface area contributed by atoms with Crippen molar-refractivity contribution in [3.05, 3.63) is 24.3 Å². The Morgan fingerprint density at radius 1 is 1.06 bits per heavy atom. The van der Waals surface area contributed by atoms with E-state index in [1.54, 1.807) is 0 Å². The first-order valence-electron chi connectivity index (χ1n) is 5.18. The van der Waals surface area contributed by atoms with Gasteiger partial charge in [-0.25, -0.2) is 0 Å². The average molecular weight is 224 g/mol. The summed E-state index contributed by atoms with van der Waals surface area (Å²) in [6, 6.07) is 0. The Hall–Kier alpha value is -1.71. The minimum absolute atomic E-state index is 0.0812. The summed E-state index contributed by atoms with van der Waals surface area (Å²) in [5, 5.41) is 8.37. The topological polar surface area (TPSA) is 71.4 Å². The highest BCUT2D eigenvalue weighted by atomic mass is 16.4. The van der Waals surface area contributed by atoms with Gasteiger partial charge in [0.05, 0.1) is 0 Å². The van der Waals surface area contributed by atoms with E-state index in [1.807, 2.05) is 12.2 Å². The van der Waals surface area contributed by atoms with E-state index in [1.165, 1.54) is 12.2 Å². The fourth-order valence-corrected chi connectivity index (χ4v) is 1.06. The molecule has 88 valence electrons. The number of carbonyl (C=O) groups excluding carboxylic acids is 2. The predicted molar refractivity (Wildman–Crippen MR) is 60.1 cm³/mol. The maximum atomic E-state index is 11.0. The van der Waals surface area contributed by atoms with Crippen molar-refractivity contribution in [2.75, 3.05) is 0 Å². The molecule has 0 fully saturated rings. The summed E-state index contributed by atoms with van der Waals surface area (Å²) in [6.45, 7) is 0. The van der Waals surface area contributed by atoms with Crippen molar-refractivity contribution in [1.82, 2.24) is 0 Å². The van der Waals surface area contributed by atoms with Gasteiger partial charge in [-0.2, -0.15) is 0 Å². The fraction of sp³-hybridized carbons (Fsp3) is 0.417. The van der Waals surface area contributed by atoms with Gasteiger partial charge in [0, 0.05) is 12.8 Å². The molecule has 0 heterocycles. The maximum absolute atomic E-state index is 11.0. The van der Waals surface area contributed by atoms with Crippen molar-refractivity contribution in [2.24, 2.45) is 0 Å². The number of ketones is 1. The van der Waals surface area contributed by atoms with Gasteiger partial charge in [0.15, 0.2) is 5.78 Å². The number of carbonyl (C=O) groups is 3. The average Bonchev–Trinajstić information content (AvgIpc) is 2.24. The van der Waals surface area contributed by atoms with Gasteiger partial charge in [-0.05, 0) is 31.4 Å². The van der Waals surface area contributed by atoms with Crippen molar-refractivity contribution in [3.63, 3.8) is 0 Å². The zero-order valence-corrected chi connectivity index (χ0v) is 9.09. The minimum atomic E-state index is -0.789. The SMILES string of the molecule is O=C/C=C/C(=O)CC/C=C/CCCC(=O)O. The van der Waals surface area contributed by atoms with Crippen molar-refractivity contribution in [1.29, 1.82) is 0 Å². The molecule has 0 aliphatic carbocycles. The number of aldehydes is 1. The molecule has 0 saturated heterocycles. The van der Waals surface area contributed by atoms with E-state index in [-0.39, 0.29) is 12.2 Å². The van der Waals surface area contributed by atoms with Crippen molar-refractivity contribution in [3.8, 4) is 0 Å². The Bertz CT molecular complexity index is 289. The standard InChI is InChI=1S/C12H16O4/c13-10-6-8-11(14)7-4-2-1-3-5-9-12(15)16/h1-2,6,8,10H,3-5,7,9H2,(H,15,16)/b2-1+,8-6+. The third kappa shape index (κ3) is 10.4. The predicted octanol–water partition coefficient (Wildman–Crippen LogP) is 1.90. The van der Waals surface area contributed by atoms with Gasteiger partial charge in [-0.1, -0.05) is 12.2 Å². The Labute approximate surface area is 94.7 Å². The van der Waals surface area contributed by atoms with E-state index in [0.717, 1.165) is 0 Å². The van der Waals surface area contributed by atoms with E-state index in [0.29, 0.717) is 32.0 Å². The summed E-state index contributed by atoms with van der Waals surface area (Å²) in [4.78, 5) is 31.1. The number of unbranched alkanes of at least 4 members (excludes halogenated alkanes) is 1. The van der Waals surface area contributed by atoms with Gasteiger partial charge in [-0.3, -0.25) is 14.4 Å². The molecule has 0 radical (unpaired) electrons. The number of carboxylic acid groups (broad SMARTS) is 1. The molecule has 0 aromatic carbocycles. The third-order valence-corrected chi connectivity index (χ3v) is 1.85. The van der Waals surface area contributed by atoms with Crippen LogP contribution in [0, 0.1) is 0 Å². The fourth-order valence-electron chi connectivity index (χ4n) is 1.06. The lowest BCUT2D eigenvalue weighted by Gasteiger charge is -1.91. The van der Waals surface area contributed by atoms with Crippen molar-refractivity contribution >= 4 is 18.0 Å². The molecule has 0 atom stereocenters. The van der Waals surface area contributed by atoms with Crippen LogP contribution in [-0.4, -0.2) is 23.1 Å². The van der Waals surface area contributed by atoms with Crippen LogP contribution < -0.4 is 0 Å². The van der Waals surface area contributed by atoms with Gasteiger partial charge < -0.3 is 5.11 Å². The second-order valence-corrected chi connectivity index (χ2v) is 3.26. The summed E-state index contributed by atoms with van der Waals surface area (Å²) >= 11 is 0. The normalized spacial score (nSPS) is 11.0. The van der Waals surface area contributed by atoms with E-state index in [4.69, 9.17) is 5.11 Å². The Balaban J connectivity index is 3.47. The molecule has 4 nitrogen and oxygen atoms in total. The van der Waals surface area contributed by atoms with Crippen LogP contribution in [0.25, 0.3) is 0 Å². The lowest BCUT2D eigenvalue weighted by atomic mass is 10.1. The van der Waals surface area contributed by atoms with Crippen molar-refractivity contribution < 1.29 is 19.5 Å². The molecular weight excluding hydrogens is 208 g/mol. The quantitative estimate of drug-likeness (QED) is 0.281. The van der Waals surface area contributed by atoms with Crippen LogP contribution in [0.4, 0.5) is 0 Å². The Morgan fingerprint density at radius 2 is 1.75 bits per heavy atom. The molecule has 16 heavy (non-hydrogen) atoms. The van der Waals surface area contributed by atoms with Gasteiger partial charge in [-0.15, -0.1) is 0 Å². The second-order valence-electron chi connectivity index (χ2n) is 3.26. The third-order valence-electron chi connectivity index (χ3n) is 1.85. The zero-order valence-electron chi connectivity index (χ0n) is 9.09. The summed E-state index contributed by atoms with van der Waals surface area (Å²) in [5.41, 5.74) is 0. The van der Waals surface area contributed by atoms with E-state index < -0.39 is 5.97 Å². The Kier molecular flexibility index (Phi) is 8.78. The molecule has 0 unspecified atom stereocenters. The van der Waals surface area contributed by atoms with Crippen LogP contribution in [0.5, 0.6) is 0 Å². The summed E-state index contributed by atoms with van der Waals surface area (Å²) in [6.07, 6.45) is 9.23. The van der Waals surface area contributed by atoms with Crippen molar-refractivity contribution in [2.45, 2.75) is 32.1 Å². The van der Waals surface area contributed by atoms with Crippen LogP contribution >= 0.6 is 0 Å². The van der Waals surface area contributed by atoms with Crippen LogP contribution in [0.1, 0.15) is 32.1 Å². The molecule has 0 rings (SSSR count). The summed E-state index contributed by atoms with van der Waals surface area (Å²) in [7, 11) is 0. The number of allylic oxidation sites excluding steroid dienone is 4. The first-order chi connectivity index (χ1) is 7.66. The highest BCUT2D eigenvalue weighted by Crippen LogP contribution is 1.99. The van der Waals surface area contributed by atoms with E-state index in [9.17, 15) is 14.4 Å². The molecule has 0 aromatic rings. The number of hydrogen-bond acceptors (Lipinski definition) is 3. The molecule has 0 spiro atoms. The van der Waals surface area contributed by atoms with Gasteiger partial charge in [0.2, 0.25) is 0 Å². The molecular formula is C12H16O4. The van der Waals surface area contributed by atoms with E-state index >= 15 is 0 Å². The number of hydrogen-bond donors (Lipinski definition) is 1. The van der Waals surface area contributed by atoms with Gasteiger partial charge >= 0.3 is 5.97 Å². The number of carboxylic acids is 1. The lowest BCUT2D eigenvalue weighted by molar-refractivity contribution is -0.137. The number of aliphatic carboxylic acids is 1. The molecule has 0 amide bonds. The zero-order chi connectivity index (χ0) is 12.2. The Morgan fingerprint density at radius 3 is 2.38 bits per heavy atom. The first-order valence-corrected chi connectivity index (χ1v) is 5.18. The number of rotatable bonds is 9. The van der Waals surface area contributed by atoms with Crippen LogP contribution in [0.2, 0.25) is 0 Å². The molecule has 0 bridgehead atoms. The van der Waals surface area contributed by atoms with Gasteiger partial charge in [0.1, 0.15) is 6.29 Å². The summed E-state index contributed by atoms with van der Waals surface area (Å²) in [5.74, 6) is -0.870. The van der Waals surface area contributed by atoms with Crippen LogP contribution in [0.15, 0.2) is 24.3 Å². The molecule has 0 aliphatic rings. The monoisotopic (exact) mass is 224 g/mol. The molecule has 1 N–H and O–H groups in total. The van der Waals surface area contributed by atoms with Crippen LogP contribution in [-0.2, 0) is 14.4 Å². The second kappa shape index (κ2) is 9.83. The molecule has 0 aliphatic heterocycles. The lowest BCUT2D eigenvalue weighted by Crippen LogP contribution is -1.92. The highest BCUT2D eigenvalue weighted by molar-refractivity contribution is 5.92. The molecule has 4 heteroatoms. The first kappa shape index (κ1) is 14.3. The smallest absolute Gasteiger partial charge is 0.303 e. The highest BCUT2D eigenvalue weighted by Gasteiger charge is 1.94. The largest absolute Gasteiger partial charge is 0.481 e. The van der Waals surface area contributed by atoms with Gasteiger partial charge in [0.25, 0.3) is 0 Å².